The van der Waals surface area contributed by atoms with Gasteiger partial charge in [-0.2, -0.15) is 0 Å². The molecule has 136 valence electrons. The first-order valence-electron chi connectivity index (χ1n) is 8.04. The summed E-state index contributed by atoms with van der Waals surface area (Å²) in [4.78, 5) is 26.6. The van der Waals surface area contributed by atoms with E-state index >= 15 is 0 Å². The number of thioether (sulfide) groups is 1. The number of benzene rings is 3. The molecule has 0 radical (unpaired) electrons. The third-order valence-electron chi connectivity index (χ3n) is 3.92. The van der Waals surface area contributed by atoms with E-state index in [1.165, 1.54) is 6.07 Å². The lowest BCUT2D eigenvalue weighted by Crippen LogP contribution is -2.15. The molecule has 0 fully saturated rings. The lowest BCUT2D eigenvalue weighted by molar-refractivity contribution is 0.102. The molecule has 0 atom stereocenters. The van der Waals surface area contributed by atoms with Crippen LogP contribution in [0.1, 0.15) is 26.3 Å². The second-order valence-corrected chi connectivity index (χ2v) is 7.41. The van der Waals surface area contributed by atoms with Gasteiger partial charge in [-0.1, -0.05) is 41.4 Å². The van der Waals surface area contributed by atoms with Gasteiger partial charge in [-0.25, -0.2) is 0 Å². The Balaban J connectivity index is 1.96. The molecule has 0 aliphatic rings. The topological polar surface area (TPSA) is 46.2 Å². The number of amides is 1. The van der Waals surface area contributed by atoms with E-state index in [1.54, 1.807) is 60.3 Å². The molecule has 3 nitrogen and oxygen atoms in total. The highest BCUT2D eigenvalue weighted by Crippen LogP contribution is 2.27. The molecular formula is C21H15Cl2NO2S. The number of nitrogens with one attached hydrogen (secondary N) is 1. The summed E-state index contributed by atoms with van der Waals surface area (Å²) in [6.45, 7) is 0. The van der Waals surface area contributed by atoms with Gasteiger partial charge in [-0.15, -0.1) is 11.8 Å². The van der Waals surface area contributed by atoms with Crippen molar-refractivity contribution in [1.82, 2.24) is 0 Å². The van der Waals surface area contributed by atoms with E-state index in [1.807, 2.05) is 18.4 Å². The number of rotatable bonds is 5. The van der Waals surface area contributed by atoms with Gasteiger partial charge in [0.15, 0.2) is 5.78 Å². The van der Waals surface area contributed by atoms with Gasteiger partial charge in [0.05, 0.1) is 10.7 Å². The minimum absolute atomic E-state index is 0.282. The van der Waals surface area contributed by atoms with Gasteiger partial charge in [0.1, 0.15) is 0 Å². The summed E-state index contributed by atoms with van der Waals surface area (Å²) in [6, 6.07) is 18.8. The monoisotopic (exact) mass is 415 g/mol. The van der Waals surface area contributed by atoms with E-state index in [-0.39, 0.29) is 17.3 Å². The molecule has 0 saturated carbocycles. The summed E-state index contributed by atoms with van der Waals surface area (Å²) < 4.78 is 0. The van der Waals surface area contributed by atoms with Gasteiger partial charge in [-0.3, -0.25) is 9.59 Å². The number of halogens is 2. The first-order chi connectivity index (χ1) is 13.0. The summed E-state index contributed by atoms with van der Waals surface area (Å²) in [7, 11) is 0. The Hall–Kier alpha value is -2.27. The molecule has 6 heteroatoms. The van der Waals surface area contributed by atoms with Gasteiger partial charge in [0.2, 0.25) is 0 Å². The van der Waals surface area contributed by atoms with Gasteiger partial charge in [0, 0.05) is 26.6 Å². The molecule has 0 aliphatic carbocycles. The molecule has 3 aromatic rings. The number of hydrogen-bond donors (Lipinski definition) is 1. The van der Waals surface area contributed by atoms with E-state index in [9.17, 15) is 9.59 Å². The number of ketones is 1. The van der Waals surface area contributed by atoms with Gasteiger partial charge in [0.25, 0.3) is 5.91 Å². The third kappa shape index (κ3) is 4.53. The van der Waals surface area contributed by atoms with E-state index in [2.05, 4.69) is 5.32 Å². The van der Waals surface area contributed by atoms with Crippen molar-refractivity contribution in [2.45, 2.75) is 4.90 Å². The zero-order chi connectivity index (χ0) is 19.4. The smallest absolute Gasteiger partial charge is 0.255 e. The molecule has 0 heterocycles. The van der Waals surface area contributed by atoms with E-state index in [0.717, 1.165) is 4.90 Å². The average Bonchev–Trinajstić information content (AvgIpc) is 2.69. The van der Waals surface area contributed by atoms with Crippen LogP contribution in [0.2, 0.25) is 10.0 Å². The molecule has 3 aromatic carbocycles. The number of carbonyl (C=O) groups is 2. The van der Waals surface area contributed by atoms with E-state index in [0.29, 0.717) is 26.9 Å². The highest BCUT2D eigenvalue weighted by atomic mass is 35.5. The second kappa shape index (κ2) is 8.61. The fourth-order valence-electron chi connectivity index (χ4n) is 2.56. The molecular weight excluding hydrogens is 401 g/mol. The Morgan fingerprint density at radius 3 is 2.41 bits per heavy atom. The maximum atomic E-state index is 13.0. The van der Waals surface area contributed by atoms with E-state index < -0.39 is 0 Å². The van der Waals surface area contributed by atoms with Crippen LogP contribution in [0.15, 0.2) is 71.6 Å². The number of hydrogen-bond acceptors (Lipinski definition) is 3. The molecule has 1 amide bonds. The van der Waals surface area contributed by atoms with Crippen LogP contribution in [-0.2, 0) is 0 Å². The number of carbonyl (C=O) groups excluding carboxylic acids is 2. The predicted molar refractivity (Wildman–Crippen MR) is 113 cm³/mol. The van der Waals surface area contributed by atoms with Crippen molar-refractivity contribution in [1.29, 1.82) is 0 Å². The molecule has 0 saturated heterocycles. The summed E-state index contributed by atoms with van der Waals surface area (Å²) in [6.07, 6.45) is 1.94. The van der Waals surface area contributed by atoms with Crippen molar-refractivity contribution in [3.63, 3.8) is 0 Å². The van der Waals surface area contributed by atoms with Crippen molar-refractivity contribution >= 4 is 52.3 Å². The fraction of sp³-hybridized carbons (Fsp3) is 0.0476. The highest BCUT2D eigenvalue weighted by Gasteiger charge is 2.18. The molecule has 1 N–H and O–H groups in total. The van der Waals surface area contributed by atoms with Crippen molar-refractivity contribution in [2.24, 2.45) is 0 Å². The van der Waals surface area contributed by atoms with Gasteiger partial charge < -0.3 is 5.32 Å². The molecule has 27 heavy (non-hydrogen) atoms. The van der Waals surface area contributed by atoms with Crippen LogP contribution in [0.4, 0.5) is 5.69 Å². The number of anilines is 1. The van der Waals surface area contributed by atoms with E-state index in [4.69, 9.17) is 23.2 Å². The van der Waals surface area contributed by atoms with Crippen LogP contribution in [0, 0.1) is 0 Å². The second-order valence-electron chi connectivity index (χ2n) is 5.68. The summed E-state index contributed by atoms with van der Waals surface area (Å²) in [5, 5.41) is 3.54. The van der Waals surface area contributed by atoms with Crippen LogP contribution in [0.5, 0.6) is 0 Å². The van der Waals surface area contributed by atoms with Crippen molar-refractivity contribution in [3.05, 3.63) is 93.5 Å². The Kier molecular flexibility index (Phi) is 6.22. The largest absolute Gasteiger partial charge is 0.321 e. The Morgan fingerprint density at radius 2 is 1.67 bits per heavy atom. The quantitative estimate of drug-likeness (QED) is 0.398. The van der Waals surface area contributed by atoms with Crippen LogP contribution < -0.4 is 5.32 Å². The predicted octanol–water partition coefficient (Wildman–Crippen LogP) is 6.20. The summed E-state index contributed by atoms with van der Waals surface area (Å²) in [5.74, 6) is -0.613. The van der Waals surface area contributed by atoms with Crippen molar-refractivity contribution in [3.8, 4) is 0 Å². The Labute approximate surface area is 171 Å². The van der Waals surface area contributed by atoms with Crippen molar-refractivity contribution in [2.75, 3.05) is 11.6 Å². The minimum atomic E-state index is -0.309. The minimum Gasteiger partial charge on any atom is -0.321 e. The molecule has 3 rings (SSSR count). The van der Waals surface area contributed by atoms with Crippen molar-refractivity contribution < 1.29 is 9.59 Å². The van der Waals surface area contributed by atoms with Gasteiger partial charge >= 0.3 is 0 Å². The maximum absolute atomic E-state index is 13.0. The summed E-state index contributed by atoms with van der Waals surface area (Å²) in [5.41, 5.74) is 1.52. The fourth-order valence-corrected chi connectivity index (χ4v) is 3.42. The third-order valence-corrected chi connectivity index (χ3v) is 5.21. The van der Waals surface area contributed by atoms with Gasteiger partial charge in [-0.05, 0) is 54.8 Å². The Bertz CT molecular complexity index is 1020. The first-order valence-corrected chi connectivity index (χ1v) is 10.0. The zero-order valence-corrected chi connectivity index (χ0v) is 16.7. The standard InChI is InChI=1S/C21H15Cl2NO2S/c1-27-15-6-4-5-13(11-15)21(26)24-19-10-9-14(22)12-17(19)20(25)16-7-2-3-8-18(16)23/h2-12H,1H3,(H,24,26). The molecule has 0 bridgehead atoms. The zero-order valence-electron chi connectivity index (χ0n) is 14.3. The average molecular weight is 416 g/mol. The molecule has 0 aromatic heterocycles. The lowest BCUT2D eigenvalue weighted by atomic mass is 10.0. The molecule has 0 spiro atoms. The highest BCUT2D eigenvalue weighted by molar-refractivity contribution is 7.98. The Morgan fingerprint density at radius 1 is 0.889 bits per heavy atom. The maximum Gasteiger partial charge on any atom is 0.255 e. The van der Waals surface area contributed by atoms with Crippen LogP contribution in [0.3, 0.4) is 0 Å². The molecule has 0 unspecified atom stereocenters. The van der Waals surface area contributed by atoms with Crippen LogP contribution in [-0.4, -0.2) is 17.9 Å². The lowest BCUT2D eigenvalue weighted by Gasteiger charge is -2.12. The SMILES string of the molecule is CSc1cccc(C(=O)Nc2ccc(Cl)cc2C(=O)c2ccccc2Cl)c1. The normalized spacial score (nSPS) is 10.5. The first kappa shape index (κ1) is 19.5. The molecule has 0 aliphatic heterocycles. The summed E-state index contributed by atoms with van der Waals surface area (Å²) >= 11 is 13.8. The van der Waals surface area contributed by atoms with Crippen LogP contribution >= 0.6 is 35.0 Å². The van der Waals surface area contributed by atoms with Crippen LogP contribution in [0.25, 0.3) is 0 Å².